The summed E-state index contributed by atoms with van der Waals surface area (Å²) < 4.78 is 0. The Labute approximate surface area is 225 Å². The number of aryl methyl sites for hydroxylation is 1. The maximum atomic E-state index is 13.9. The Morgan fingerprint density at radius 1 is 1.13 bits per heavy atom. The summed E-state index contributed by atoms with van der Waals surface area (Å²) in [5, 5.41) is 18.7. The van der Waals surface area contributed by atoms with E-state index in [4.69, 9.17) is 0 Å². The lowest BCUT2D eigenvalue weighted by molar-refractivity contribution is -0.130. The van der Waals surface area contributed by atoms with Crippen molar-refractivity contribution >= 4 is 29.3 Å². The van der Waals surface area contributed by atoms with E-state index >= 15 is 0 Å². The van der Waals surface area contributed by atoms with Crippen LogP contribution < -0.4 is 20.9 Å². The number of nitrogens with one attached hydrogen (secondary N) is 4. The van der Waals surface area contributed by atoms with Gasteiger partial charge in [0.1, 0.15) is 23.8 Å². The number of hydrogen-bond donors (Lipinski definition) is 4. The zero-order valence-electron chi connectivity index (χ0n) is 21.7. The van der Waals surface area contributed by atoms with Crippen molar-refractivity contribution in [3.8, 4) is 0 Å². The molecule has 0 fully saturated rings. The summed E-state index contributed by atoms with van der Waals surface area (Å²) in [5.41, 5.74) is 3.57. The molecule has 5 rings (SSSR count). The van der Waals surface area contributed by atoms with Crippen LogP contribution in [0.4, 0.5) is 5.69 Å². The van der Waals surface area contributed by atoms with E-state index in [-0.39, 0.29) is 24.3 Å². The summed E-state index contributed by atoms with van der Waals surface area (Å²) in [6.07, 6.45) is 5.82. The highest BCUT2D eigenvalue weighted by atomic mass is 16.2. The van der Waals surface area contributed by atoms with Gasteiger partial charge in [-0.2, -0.15) is 15.4 Å². The summed E-state index contributed by atoms with van der Waals surface area (Å²) >= 11 is 0. The number of pyridine rings is 1. The summed E-state index contributed by atoms with van der Waals surface area (Å²) in [6, 6.07) is 6.45. The molecule has 0 saturated heterocycles. The number of rotatable bonds is 8. The van der Waals surface area contributed by atoms with Crippen molar-refractivity contribution < 1.29 is 19.2 Å². The summed E-state index contributed by atoms with van der Waals surface area (Å²) in [5.74, 6) is -1.76. The highest BCUT2D eigenvalue weighted by Gasteiger charge is 2.44. The molecule has 4 heterocycles. The maximum Gasteiger partial charge on any atom is 0.252 e. The van der Waals surface area contributed by atoms with Crippen molar-refractivity contribution in [3.63, 3.8) is 0 Å². The molecule has 0 aliphatic carbocycles. The lowest BCUT2D eigenvalue weighted by atomic mass is 9.99. The van der Waals surface area contributed by atoms with Crippen LogP contribution in [-0.2, 0) is 33.8 Å². The Morgan fingerprint density at radius 3 is 2.62 bits per heavy atom. The molecule has 4 amide bonds. The van der Waals surface area contributed by atoms with Gasteiger partial charge in [0.05, 0.1) is 18.4 Å². The highest BCUT2D eigenvalue weighted by molar-refractivity contribution is 6.08. The molecule has 12 nitrogen and oxygen atoms in total. The number of carbonyl (C=O) groups is 4. The molecule has 0 radical (unpaired) electrons. The lowest BCUT2D eigenvalue weighted by Crippen LogP contribution is -2.58. The van der Waals surface area contributed by atoms with Gasteiger partial charge >= 0.3 is 0 Å². The van der Waals surface area contributed by atoms with Gasteiger partial charge in [-0.3, -0.25) is 29.1 Å². The van der Waals surface area contributed by atoms with Gasteiger partial charge in [-0.1, -0.05) is 32.0 Å². The monoisotopic (exact) mass is 530 g/mol. The molecule has 1 aromatic carbocycles. The van der Waals surface area contributed by atoms with E-state index < -0.39 is 29.9 Å². The molecule has 3 atom stereocenters. The van der Waals surface area contributed by atoms with E-state index in [1.807, 2.05) is 32.0 Å². The van der Waals surface area contributed by atoms with E-state index in [2.05, 4.69) is 36.3 Å². The van der Waals surface area contributed by atoms with E-state index in [1.54, 1.807) is 12.1 Å². The van der Waals surface area contributed by atoms with E-state index in [0.29, 0.717) is 30.5 Å². The molecular formula is C27H30N8O4. The third kappa shape index (κ3) is 5.35. The van der Waals surface area contributed by atoms with Gasteiger partial charge in [-0.25, -0.2) is 0 Å². The second kappa shape index (κ2) is 11.0. The zero-order valence-corrected chi connectivity index (χ0v) is 21.7. The van der Waals surface area contributed by atoms with Crippen LogP contribution in [0, 0.1) is 5.92 Å². The van der Waals surface area contributed by atoms with Crippen LogP contribution in [-0.4, -0.2) is 62.1 Å². The first kappa shape index (κ1) is 26.0. The maximum absolute atomic E-state index is 13.9. The quantitative estimate of drug-likeness (QED) is 0.332. The van der Waals surface area contributed by atoms with Crippen LogP contribution in [0.25, 0.3) is 0 Å². The Morgan fingerprint density at radius 2 is 1.90 bits per heavy atom. The highest BCUT2D eigenvalue weighted by Crippen LogP contribution is 2.39. The first-order valence-electron chi connectivity index (χ1n) is 12.9. The molecule has 12 heteroatoms. The number of hydrogen-bond acceptors (Lipinski definition) is 7. The topological polar surface area (TPSA) is 162 Å². The standard InChI is InChI=1S/C27H30N8O4/c1-15(2)22(32-24(36)17-8-10-28-11-9-17)26(38)31-20-7-6-16-4-3-5-18-12-21(35(23(16)18)27(20)39)25(37)29-13-19-14-30-34-33-19/h3-5,8-11,14-15,20-22H,6-7,12-13H2,1-2H3,(H,29,37)(H,31,38)(H,32,36)(H,30,33,34)/t20-,21-,22-/m0/s1. The molecule has 3 aromatic rings. The van der Waals surface area contributed by atoms with Gasteiger partial charge in [0, 0.05) is 24.4 Å². The molecule has 39 heavy (non-hydrogen) atoms. The van der Waals surface area contributed by atoms with Crippen molar-refractivity contribution in [2.24, 2.45) is 5.92 Å². The fourth-order valence-electron chi connectivity index (χ4n) is 5.10. The number of para-hydroxylation sites is 1. The van der Waals surface area contributed by atoms with Gasteiger partial charge in [0.2, 0.25) is 17.7 Å². The number of amides is 4. The molecule has 2 aliphatic heterocycles. The number of H-pyrrole nitrogens is 1. The molecule has 0 bridgehead atoms. The van der Waals surface area contributed by atoms with Crippen LogP contribution in [0.3, 0.4) is 0 Å². The fraction of sp³-hybridized carbons (Fsp3) is 0.370. The SMILES string of the molecule is CC(C)[C@H](NC(=O)c1ccncc1)C(=O)N[C@H]1CCc2cccc3c2N(C1=O)[C@H](C(=O)NCc1cn[nH]n1)C3. The van der Waals surface area contributed by atoms with Crippen molar-refractivity contribution in [2.45, 2.75) is 57.8 Å². The van der Waals surface area contributed by atoms with Crippen molar-refractivity contribution in [1.82, 2.24) is 36.3 Å². The Balaban J connectivity index is 1.34. The van der Waals surface area contributed by atoms with Gasteiger partial charge < -0.3 is 16.0 Å². The first-order valence-corrected chi connectivity index (χ1v) is 12.9. The average Bonchev–Trinajstić information content (AvgIpc) is 3.57. The first-order chi connectivity index (χ1) is 18.8. The second-order valence-corrected chi connectivity index (χ2v) is 10.1. The minimum Gasteiger partial charge on any atom is -0.348 e. The summed E-state index contributed by atoms with van der Waals surface area (Å²) in [7, 11) is 0. The molecule has 0 saturated carbocycles. The van der Waals surface area contributed by atoms with E-state index in [9.17, 15) is 19.2 Å². The largest absolute Gasteiger partial charge is 0.348 e. The second-order valence-electron chi connectivity index (χ2n) is 10.1. The molecule has 2 aromatic heterocycles. The van der Waals surface area contributed by atoms with Crippen LogP contribution in [0.15, 0.2) is 48.9 Å². The molecule has 202 valence electrons. The van der Waals surface area contributed by atoms with Gasteiger partial charge in [0.25, 0.3) is 5.91 Å². The van der Waals surface area contributed by atoms with Crippen molar-refractivity contribution in [2.75, 3.05) is 4.90 Å². The molecular weight excluding hydrogens is 500 g/mol. The summed E-state index contributed by atoms with van der Waals surface area (Å²) in [4.78, 5) is 58.7. The predicted molar refractivity (Wildman–Crippen MR) is 140 cm³/mol. The predicted octanol–water partition coefficient (Wildman–Crippen LogP) is 0.659. The molecule has 0 unspecified atom stereocenters. The number of anilines is 1. The third-order valence-corrected chi connectivity index (χ3v) is 7.11. The van der Waals surface area contributed by atoms with Crippen LogP contribution >= 0.6 is 0 Å². The van der Waals surface area contributed by atoms with Crippen LogP contribution in [0.5, 0.6) is 0 Å². The number of aromatic nitrogens is 4. The van der Waals surface area contributed by atoms with E-state index in [0.717, 1.165) is 16.8 Å². The Kier molecular flexibility index (Phi) is 7.35. The van der Waals surface area contributed by atoms with Gasteiger partial charge in [-0.05, 0) is 42.0 Å². The number of aromatic amines is 1. The number of carbonyl (C=O) groups excluding carboxylic acids is 4. The minimum atomic E-state index is -0.861. The van der Waals surface area contributed by atoms with Gasteiger partial charge in [0.15, 0.2) is 0 Å². The van der Waals surface area contributed by atoms with E-state index in [1.165, 1.54) is 23.5 Å². The normalized spacial score (nSPS) is 18.7. The fourth-order valence-corrected chi connectivity index (χ4v) is 5.10. The third-order valence-electron chi connectivity index (χ3n) is 7.11. The van der Waals surface area contributed by atoms with Crippen LogP contribution in [0.2, 0.25) is 0 Å². The number of nitrogens with zero attached hydrogens (tertiary/aromatic N) is 4. The van der Waals surface area contributed by atoms with Crippen LogP contribution in [0.1, 0.15) is 47.4 Å². The molecule has 4 N–H and O–H groups in total. The summed E-state index contributed by atoms with van der Waals surface area (Å²) in [6.45, 7) is 3.82. The Bertz CT molecular complexity index is 1380. The Hall–Kier alpha value is -4.61. The molecule has 0 spiro atoms. The zero-order chi connectivity index (χ0) is 27.5. The minimum absolute atomic E-state index is 0.171. The van der Waals surface area contributed by atoms with Crippen molar-refractivity contribution in [3.05, 3.63) is 71.3 Å². The van der Waals surface area contributed by atoms with Crippen molar-refractivity contribution in [1.29, 1.82) is 0 Å². The smallest absolute Gasteiger partial charge is 0.252 e. The van der Waals surface area contributed by atoms with Gasteiger partial charge in [-0.15, -0.1) is 0 Å². The number of benzene rings is 1. The average molecular weight is 531 g/mol. The molecule has 2 aliphatic rings. The lowest BCUT2D eigenvalue weighted by Gasteiger charge is -2.29.